The van der Waals surface area contributed by atoms with E-state index < -0.39 is 0 Å². The van der Waals surface area contributed by atoms with Crippen LogP contribution in [0, 0.1) is 0 Å². The quantitative estimate of drug-likeness (QED) is 0.680. The summed E-state index contributed by atoms with van der Waals surface area (Å²) in [6.45, 7) is 4.82. The highest BCUT2D eigenvalue weighted by molar-refractivity contribution is 5.92. The number of morpholine rings is 1. The first-order valence-electron chi connectivity index (χ1n) is 5.07. The molecule has 4 nitrogen and oxygen atoms in total. The molecular formula is C11H14N2O2. The number of pyridine rings is 1. The maximum Gasteiger partial charge on any atom is 0.178 e. The van der Waals surface area contributed by atoms with Gasteiger partial charge in [-0.3, -0.25) is 9.78 Å². The van der Waals surface area contributed by atoms with E-state index in [1.807, 2.05) is 6.07 Å². The molecule has 0 saturated carbocycles. The molecule has 0 aliphatic carbocycles. The summed E-state index contributed by atoms with van der Waals surface area (Å²) in [4.78, 5) is 17.4. The van der Waals surface area contributed by atoms with Crippen LogP contribution in [0.2, 0.25) is 0 Å². The van der Waals surface area contributed by atoms with Crippen molar-refractivity contribution in [3.05, 3.63) is 24.0 Å². The van der Waals surface area contributed by atoms with Crippen LogP contribution in [0.1, 0.15) is 17.4 Å². The van der Waals surface area contributed by atoms with Crippen molar-refractivity contribution in [2.75, 3.05) is 31.2 Å². The lowest BCUT2D eigenvalue weighted by Crippen LogP contribution is -2.36. The number of carbonyl (C=O) groups is 1. The van der Waals surface area contributed by atoms with Gasteiger partial charge in [0.05, 0.1) is 25.1 Å². The number of ether oxygens (including phenoxy) is 1. The van der Waals surface area contributed by atoms with Gasteiger partial charge in [0.2, 0.25) is 0 Å². The van der Waals surface area contributed by atoms with Gasteiger partial charge in [0, 0.05) is 20.0 Å². The van der Waals surface area contributed by atoms with Gasteiger partial charge in [-0.2, -0.15) is 0 Å². The first-order valence-corrected chi connectivity index (χ1v) is 5.07. The van der Waals surface area contributed by atoms with Crippen LogP contribution in [-0.4, -0.2) is 37.1 Å². The van der Waals surface area contributed by atoms with Gasteiger partial charge in [0.25, 0.3) is 0 Å². The Labute approximate surface area is 88.9 Å². The van der Waals surface area contributed by atoms with Gasteiger partial charge < -0.3 is 9.64 Å². The standard InChI is InChI=1S/C11H14N2O2/c1-9(14)11-3-2-10(8-12-11)13-4-6-15-7-5-13/h2-3,8H,4-7H2,1H3. The normalized spacial score (nSPS) is 16.5. The third kappa shape index (κ3) is 2.33. The molecule has 2 heterocycles. The SMILES string of the molecule is CC(=O)c1ccc(N2CCOCC2)cn1. The van der Waals surface area contributed by atoms with Crippen LogP contribution in [-0.2, 0) is 4.74 Å². The second-order valence-electron chi connectivity index (χ2n) is 3.56. The molecule has 1 aromatic heterocycles. The van der Waals surface area contributed by atoms with E-state index in [0.29, 0.717) is 5.69 Å². The predicted molar refractivity (Wildman–Crippen MR) is 57.3 cm³/mol. The van der Waals surface area contributed by atoms with E-state index in [1.54, 1.807) is 12.3 Å². The number of anilines is 1. The Balaban J connectivity index is 2.11. The van der Waals surface area contributed by atoms with Crippen LogP contribution < -0.4 is 4.90 Å². The largest absolute Gasteiger partial charge is 0.378 e. The van der Waals surface area contributed by atoms with Crippen molar-refractivity contribution in [3.63, 3.8) is 0 Å². The summed E-state index contributed by atoms with van der Waals surface area (Å²) in [5.74, 6) is 0.00327. The number of hydrogen-bond donors (Lipinski definition) is 0. The summed E-state index contributed by atoms with van der Waals surface area (Å²) in [5.41, 5.74) is 1.58. The van der Waals surface area contributed by atoms with E-state index in [9.17, 15) is 4.79 Å². The summed E-state index contributed by atoms with van der Waals surface area (Å²) in [6.07, 6.45) is 1.75. The van der Waals surface area contributed by atoms with Gasteiger partial charge in [0.15, 0.2) is 5.78 Å². The molecule has 4 heteroatoms. The smallest absolute Gasteiger partial charge is 0.178 e. The van der Waals surface area contributed by atoms with Crippen molar-refractivity contribution in [2.24, 2.45) is 0 Å². The fraction of sp³-hybridized carbons (Fsp3) is 0.455. The van der Waals surface area contributed by atoms with E-state index in [2.05, 4.69) is 9.88 Å². The third-order valence-electron chi connectivity index (χ3n) is 2.48. The zero-order valence-corrected chi connectivity index (χ0v) is 8.77. The Hall–Kier alpha value is -1.42. The van der Waals surface area contributed by atoms with Crippen molar-refractivity contribution in [1.29, 1.82) is 0 Å². The summed E-state index contributed by atoms with van der Waals surface area (Å²) in [6, 6.07) is 3.71. The maximum absolute atomic E-state index is 11.0. The van der Waals surface area contributed by atoms with E-state index in [-0.39, 0.29) is 5.78 Å². The van der Waals surface area contributed by atoms with Crippen molar-refractivity contribution in [2.45, 2.75) is 6.92 Å². The molecule has 0 unspecified atom stereocenters. The lowest BCUT2D eigenvalue weighted by atomic mass is 10.2. The molecular weight excluding hydrogens is 192 g/mol. The van der Waals surface area contributed by atoms with E-state index in [0.717, 1.165) is 32.0 Å². The molecule has 15 heavy (non-hydrogen) atoms. The lowest BCUT2D eigenvalue weighted by molar-refractivity contribution is 0.101. The highest BCUT2D eigenvalue weighted by Crippen LogP contribution is 2.14. The van der Waals surface area contributed by atoms with Gasteiger partial charge in [-0.15, -0.1) is 0 Å². The number of nitrogens with zero attached hydrogens (tertiary/aromatic N) is 2. The topological polar surface area (TPSA) is 42.4 Å². The molecule has 1 aliphatic heterocycles. The van der Waals surface area contributed by atoms with Crippen LogP contribution in [0.15, 0.2) is 18.3 Å². The van der Waals surface area contributed by atoms with Crippen LogP contribution in [0.25, 0.3) is 0 Å². The summed E-state index contributed by atoms with van der Waals surface area (Å²) < 4.78 is 5.27. The minimum Gasteiger partial charge on any atom is -0.378 e. The number of aromatic nitrogens is 1. The monoisotopic (exact) mass is 206 g/mol. The Morgan fingerprint density at radius 2 is 2.13 bits per heavy atom. The number of carbonyl (C=O) groups excluding carboxylic acids is 1. The van der Waals surface area contributed by atoms with Crippen LogP contribution in [0.5, 0.6) is 0 Å². The Kier molecular flexibility index (Phi) is 2.97. The molecule has 1 saturated heterocycles. The van der Waals surface area contributed by atoms with Gasteiger partial charge in [-0.25, -0.2) is 0 Å². The molecule has 0 radical (unpaired) electrons. The minimum absolute atomic E-state index is 0.00327. The molecule has 1 aliphatic rings. The minimum atomic E-state index is 0.00327. The predicted octanol–water partition coefficient (Wildman–Crippen LogP) is 1.12. The first kappa shape index (κ1) is 10.1. The number of ketones is 1. The van der Waals surface area contributed by atoms with Gasteiger partial charge in [0.1, 0.15) is 5.69 Å². The molecule has 1 aromatic rings. The summed E-state index contributed by atoms with van der Waals surface area (Å²) >= 11 is 0. The van der Waals surface area contributed by atoms with Crippen LogP contribution >= 0.6 is 0 Å². The Morgan fingerprint density at radius 1 is 1.40 bits per heavy atom. The molecule has 0 N–H and O–H groups in total. The highest BCUT2D eigenvalue weighted by Gasteiger charge is 2.11. The van der Waals surface area contributed by atoms with Gasteiger partial charge >= 0.3 is 0 Å². The Bertz CT molecular complexity index is 342. The molecule has 80 valence electrons. The number of hydrogen-bond acceptors (Lipinski definition) is 4. The maximum atomic E-state index is 11.0. The van der Waals surface area contributed by atoms with Crippen LogP contribution in [0.3, 0.4) is 0 Å². The van der Waals surface area contributed by atoms with E-state index in [1.165, 1.54) is 6.92 Å². The second-order valence-corrected chi connectivity index (χ2v) is 3.56. The highest BCUT2D eigenvalue weighted by atomic mass is 16.5. The first-order chi connectivity index (χ1) is 7.27. The molecule has 1 fully saturated rings. The number of rotatable bonds is 2. The molecule has 2 rings (SSSR count). The van der Waals surface area contributed by atoms with Crippen molar-refractivity contribution >= 4 is 11.5 Å². The van der Waals surface area contributed by atoms with Crippen LogP contribution in [0.4, 0.5) is 5.69 Å². The average molecular weight is 206 g/mol. The molecule has 0 aromatic carbocycles. The lowest BCUT2D eigenvalue weighted by Gasteiger charge is -2.28. The molecule has 0 atom stereocenters. The zero-order valence-electron chi connectivity index (χ0n) is 8.77. The van der Waals surface area contributed by atoms with Crippen molar-refractivity contribution in [1.82, 2.24) is 4.98 Å². The average Bonchev–Trinajstić information content (AvgIpc) is 2.30. The summed E-state index contributed by atoms with van der Waals surface area (Å²) in [5, 5.41) is 0. The molecule has 0 amide bonds. The van der Waals surface area contributed by atoms with E-state index >= 15 is 0 Å². The van der Waals surface area contributed by atoms with E-state index in [4.69, 9.17) is 4.74 Å². The van der Waals surface area contributed by atoms with Crippen molar-refractivity contribution < 1.29 is 9.53 Å². The van der Waals surface area contributed by atoms with Crippen molar-refractivity contribution in [3.8, 4) is 0 Å². The zero-order chi connectivity index (χ0) is 10.7. The summed E-state index contributed by atoms with van der Waals surface area (Å²) in [7, 11) is 0. The third-order valence-corrected chi connectivity index (χ3v) is 2.48. The number of Topliss-reactive ketones (excluding diaryl/α,β-unsaturated/α-hetero) is 1. The van der Waals surface area contributed by atoms with Gasteiger partial charge in [-0.05, 0) is 12.1 Å². The Morgan fingerprint density at radius 3 is 2.67 bits per heavy atom. The second kappa shape index (κ2) is 4.40. The molecule has 0 spiro atoms. The fourth-order valence-corrected chi connectivity index (χ4v) is 1.60. The molecule has 0 bridgehead atoms. The van der Waals surface area contributed by atoms with Gasteiger partial charge in [-0.1, -0.05) is 0 Å². The fourth-order valence-electron chi connectivity index (χ4n) is 1.60.